The quantitative estimate of drug-likeness (QED) is 0.859. The highest BCUT2D eigenvalue weighted by molar-refractivity contribution is 5.69. The molecule has 0 aliphatic rings. The molecule has 0 bridgehead atoms. The lowest BCUT2D eigenvalue weighted by Crippen LogP contribution is -2.20. The first-order valence-electron chi connectivity index (χ1n) is 6.72. The van der Waals surface area contributed by atoms with Crippen LogP contribution in [0.3, 0.4) is 0 Å². The highest BCUT2D eigenvalue weighted by Gasteiger charge is 2.17. The molecule has 1 rings (SSSR count). The average Bonchev–Trinajstić information content (AvgIpc) is 2.35. The SMILES string of the molecule is CCCCc1c(OC(N)=O)cccc1C(C)N(C)C. The fourth-order valence-corrected chi connectivity index (χ4v) is 2.08. The minimum absolute atomic E-state index is 0.267. The van der Waals surface area contributed by atoms with Crippen molar-refractivity contribution in [3.05, 3.63) is 29.3 Å². The smallest absolute Gasteiger partial charge is 0.409 e. The lowest BCUT2D eigenvalue weighted by Gasteiger charge is -2.24. The maximum absolute atomic E-state index is 11.0. The number of benzene rings is 1. The Morgan fingerprint density at radius 1 is 1.42 bits per heavy atom. The van der Waals surface area contributed by atoms with Gasteiger partial charge in [-0.2, -0.15) is 0 Å². The lowest BCUT2D eigenvalue weighted by atomic mass is 9.96. The van der Waals surface area contributed by atoms with Crippen molar-refractivity contribution >= 4 is 6.09 Å². The van der Waals surface area contributed by atoms with Gasteiger partial charge in [-0.1, -0.05) is 25.5 Å². The van der Waals surface area contributed by atoms with Crippen LogP contribution in [0.2, 0.25) is 0 Å². The summed E-state index contributed by atoms with van der Waals surface area (Å²) in [5.74, 6) is 0.590. The van der Waals surface area contributed by atoms with Crippen LogP contribution in [0.25, 0.3) is 0 Å². The zero-order valence-corrected chi connectivity index (χ0v) is 12.3. The lowest BCUT2D eigenvalue weighted by molar-refractivity contribution is 0.210. The number of nitrogens with two attached hydrogens (primary N) is 1. The molecule has 1 aromatic rings. The summed E-state index contributed by atoms with van der Waals surface area (Å²) in [6.45, 7) is 4.28. The van der Waals surface area contributed by atoms with Crippen LogP contribution >= 0.6 is 0 Å². The van der Waals surface area contributed by atoms with Crippen LogP contribution < -0.4 is 10.5 Å². The standard InChI is InChI=1S/C15H24N2O2/c1-5-6-8-13-12(11(2)17(3)4)9-7-10-14(13)19-15(16)18/h7,9-11H,5-6,8H2,1-4H3,(H2,16,18). The molecule has 0 fully saturated rings. The van der Waals surface area contributed by atoms with Gasteiger partial charge in [-0.3, -0.25) is 0 Å². The van der Waals surface area contributed by atoms with Gasteiger partial charge in [-0.05, 0) is 51.1 Å². The van der Waals surface area contributed by atoms with E-state index >= 15 is 0 Å². The first-order valence-corrected chi connectivity index (χ1v) is 6.72. The minimum atomic E-state index is -0.757. The summed E-state index contributed by atoms with van der Waals surface area (Å²) < 4.78 is 5.13. The summed E-state index contributed by atoms with van der Waals surface area (Å²) in [6, 6.07) is 6.07. The van der Waals surface area contributed by atoms with E-state index in [1.807, 2.05) is 26.2 Å². The highest BCUT2D eigenvalue weighted by atomic mass is 16.5. The third-order valence-electron chi connectivity index (χ3n) is 3.38. The molecule has 1 unspecified atom stereocenters. The fraction of sp³-hybridized carbons (Fsp3) is 0.533. The van der Waals surface area contributed by atoms with Crippen LogP contribution in [0.5, 0.6) is 5.75 Å². The molecule has 0 saturated heterocycles. The number of hydrogen-bond donors (Lipinski definition) is 1. The molecule has 0 heterocycles. The summed E-state index contributed by atoms with van der Waals surface area (Å²) in [4.78, 5) is 13.1. The van der Waals surface area contributed by atoms with Crippen LogP contribution in [-0.4, -0.2) is 25.1 Å². The van der Waals surface area contributed by atoms with Crippen molar-refractivity contribution in [2.45, 2.75) is 39.2 Å². The second-order valence-corrected chi connectivity index (χ2v) is 4.99. The summed E-state index contributed by atoms with van der Waals surface area (Å²) in [7, 11) is 4.08. The summed E-state index contributed by atoms with van der Waals surface area (Å²) >= 11 is 0. The zero-order chi connectivity index (χ0) is 14.4. The van der Waals surface area contributed by atoms with Crippen molar-refractivity contribution in [1.82, 2.24) is 4.90 Å². The van der Waals surface area contributed by atoms with E-state index in [1.165, 1.54) is 5.56 Å². The predicted molar refractivity (Wildman–Crippen MR) is 77.4 cm³/mol. The Kier molecular flexibility index (Phi) is 5.83. The maximum Gasteiger partial charge on any atom is 0.409 e. The molecular formula is C15H24N2O2. The molecule has 19 heavy (non-hydrogen) atoms. The number of ether oxygens (including phenoxy) is 1. The number of carbonyl (C=O) groups is 1. The van der Waals surface area contributed by atoms with Crippen molar-refractivity contribution in [2.24, 2.45) is 5.73 Å². The van der Waals surface area contributed by atoms with Gasteiger partial charge in [-0.15, -0.1) is 0 Å². The number of carbonyl (C=O) groups excluding carboxylic acids is 1. The molecule has 0 saturated carbocycles. The summed E-state index contributed by atoms with van der Waals surface area (Å²) in [6.07, 6.45) is 2.30. The molecule has 0 aliphatic heterocycles. The predicted octanol–water partition coefficient (Wildman–Crippen LogP) is 3.11. The van der Waals surface area contributed by atoms with Crippen LogP contribution in [0.4, 0.5) is 4.79 Å². The molecule has 0 aliphatic carbocycles. The molecule has 1 aromatic carbocycles. The Morgan fingerprint density at radius 3 is 2.63 bits per heavy atom. The number of nitrogens with zero attached hydrogens (tertiary/aromatic N) is 1. The normalized spacial score (nSPS) is 12.5. The monoisotopic (exact) mass is 264 g/mol. The van der Waals surface area contributed by atoms with Gasteiger partial charge in [0.15, 0.2) is 0 Å². The van der Waals surface area contributed by atoms with Crippen LogP contribution in [0.15, 0.2) is 18.2 Å². The molecule has 1 amide bonds. The van der Waals surface area contributed by atoms with E-state index in [0.717, 1.165) is 24.8 Å². The highest BCUT2D eigenvalue weighted by Crippen LogP contribution is 2.30. The molecule has 0 spiro atoms. The van der Waals surface area contributed by atoms with E-state index in [0.29, 0.717) is 5.75 Å². The Bertz CT molecular complexity index is 430. The number of hydrogen-bond acceptors (Lipinski definition) is 3. The number of primary amides is 1. The van der Waals surface area contributed by atoms with Crippen molar-refractivity contribution in [1.29, 1.82) is 0 Å². The third-order valence-corrected chi connectivity index (χ3v) is 3.38. The first-order chi connectivity index (χ1) is 8.97. The van der Waals surface area contributed by atoms with Crippen molar-refractivity contribution in [2.75, 3.05) is 14.1 Å². The van der Waals surface area contributed by atoms with Gasteiger partial charge < -0.3 is 15.4 Å². The molecule has 2 N–H and O–H groups in total. The number of amides is 1. The molecular weight excluding hydrogens is 240 g/mol. The molecule has 0 radical (unpaired) electrons. The third kappa shape index (κ3) is 4.24. The van der Waals surface area contributed by atoms with Crippen LogP contribution in [0, 0.1) is 0 Å². The van der Waals surface area contributed by atoms with E-state index in [4.69, 9.17) is 10.5 Å². The maximum atomic E-state index is 11.0. The fourth-order valence-electron chi connectivity index (χ4n) is 2.08. The van der Waals surface area contributed by atoms with E-state index in [-0.39, 0.29) is 6.04 Å². The second kappa shape index (κ2) is 7.14. The van der Waals surface area contributed by atoms with Crippen molar-refractivity contribution in [3.63, 3.8) is 0 Å². The van der Waals surface area contributed by atoms with Crippen LogP contribution in [0.1, 0.15) is 43.9 Å². The Balaban J connectivity index is 3.17. The molecule has 1 atom stereocenters. The van der Waals surface area contributed by atoms with Gasteiger partial charge in [0.05, 0.1) is 0 Å². The Hall–Kier alpha value is -1.55. The Labute approximate surface area is 115 Å². The van der Waals surface area contributed by atoms with Gasteiger partial charge >= 0.3 is 6.09 Å². The average molecular weight is 264 g/mol. The minimum Gasteiger partial charge on any atom is -0.410 e. The van der Waals surface area contributed by atoms with Gasteiger partial charge in [0, 0.05) is 6.04 Å². The van der Waals surface area contributed by atoms with E-state index in [1.54, 1.807) is 0 Å². The summed E-state index contributed by atoms with van der Waals surface area (Å²) in [5, 5.41) is 0. The number of unbranched alkanes of at least 4 members (excludes halogenated alkanes) is 1. The second-order valence-electron chi connectivity index (χ2n) is 4.99. The van der Waals surface area contributed by atoms with E-state index in [2.05, 4.69) is 24.8 Å². The Morgan fingerprint density at radius 2 is 2.11 bits per heavy atom. The largest absolute Gasteiger partial charge is 0.410 e. The van der Waals surface area contributed by atoms with Crippen LogP contribution in [-0.2, 0) is 6.42 Å². The molecule has 4 nitrogen and oxygen atoms in total. The topological polar surface area (TPSA) is 55.6 Å². The molecule has 0 aromatic heterocycles. The van der Waals surface area contributed by atoms with Crippen molar-refractivity contribution in [3.8, 4) is 5.75 Å². The van der Waals surface area contributed by atoms with E-state index in [9.17, 15) is 4.79 Å². The molecule has 106 valence electrons. The number of rotatable bonds is 6. The zero-order valence-electron chi connectivity index (χ0n) is 12.3. The summed E-state index contributed by atoms with van der Waals surface area (Å²) in [5.41, 5.74) is 7.42. The van der Waals surface area contributed by atoms with E-state index < -0.39 is 6.09 Å². The van der Waals surface area contributed by atoms with Gasteiger partial charge in [-0.25, -0.2) is 4.79 Å². The van der Waals surface area contributed by atoms with Gasteiger partial charge in [0.2, 0.25) is 0 Å². The first kappa shape index (κ1) is 15.5. The van der Waals surface area contributed by atoms with Crippen molar-refractivity contribution < 1.29 is 9.53 Å². The van der Waals surface area contributed by atoms with Gasteiger partial charge in [0.25, 0.3) is 0 Å². The molecule has 4 heteroatoms. The van der Waals surface area contributed by atoms with Gasteiger partial charge in [0.1, 0.15) is 5.75 Å².